The molecule has 2 aliphatic carbocycles. The molecule has 0 amide bonds. The Balaban J connectivity index is 0.816. The van der Waals surface area contributed by atoms with E-state index in [2.05, 4.69) is 254 Å². The minimum absolute atomic E-state index is 0.0730. The van der Waals surface area contributed by atoms with Crippen molar-refractivity contribution in [3.63, 3.8) is 0 Å². The number of rotatable bonds is 17. The van der Waals surface area contributed by atoms with E-state index < -0.39 is 11.2 Å². The van der Waals surface area contributed by atoms with Gasteiger partial charge in [0.2, 0.25) is 0 Å². The van der Waals surface area contributed by atoms with Crippen LogP contribution in [0, 0.1) is 0 Å². The zero-order chi connectivity index (χ0) is 67.9. The van der Waals surface area contributed by atoms with Gasteiger partial charge in [-0.3, -0.25) is 0 Å². The molecule has 3 saturated heterocycles. The van der Waals surface area contributed by atoms with Crippen molar-refractivity contribution in [2.45, 2.75) is 95.6 Å². The van der Waals surface area contributed by atoms with Gasteiger partial charge in [-0.1, -0.05) is 148 Å². The number of morpholine rings is 3. The third kappa shape index (κ3) is 10.2. The lowest BCUT2D eigenvalue weighted by atomic mass is 9.69. The lowest BCUT2D eigenvalue weighted by Crippen LogP contribution is -2.46. The maximum Gasteiger partial charge on any atom is 0.178 e. The predicted molar refractivity (Wildman–Crippen MR) is 417 cm³/mol. The number of thioether (sulfide) groups is 3. The molecule has 0 bridgehead atoms. The summed E-state index contributed by atoms with van der Waals surface area (Å²) in [6.07, 6.45) is 20.9. The Kier molecular flexibility index (Phi) is 17.2. The van der Waals surface area contributed by atoms with E-state index in [1.54, 1.807) is 7.11 Å². The second-order valence-electron chi connectivity index (χ2n) is 27.8. The van der Waals surface area contributed by atoms with Gasteiger partial charge in [0.25, 0.3) is 0 Å². The third-order valence-corrected chi connectivity index (χ3v) is 26.0. The van der Waals surface area contributed by atoms with E-state index in [9.17, 15) is 0 Å². The van der Waals surface area contributed by atoms with Crippen molar-refractivity contribution >= 4 is 86.0 Å². The van der Waals surface area contributed by atoms with Crippen LogP contribution in [-0.4, -0.2) is 104 Å². The third-order valence-electron chi connectivity index (χ3n) is 23.6. The van der Waals surface area contributed by atoms with E-state index in [1.165, 1.54) is 98.2 Å². The molecule has 508 valence electrons. The van der Waals surface area contributed by atoms with Crippen molar-refractivity contribution < 1.29 is 28.4 Å². The fourth-order valence-electron chi connectivity index (χ4n) is 18.4. The second-order valence-corrected chi connectivity index (χ2v) is 30.4. The van der Waals surface area contributed by atoms with Crippen molar-refractivity contribution in [1.29, 1.82) is 0 Å². The highest BCUT2D eigenvalue weighted by molar-refractivity contribution is 8.01. The maximum atomic E-state index is 8.20. The summed E-state index contributed by atoms with van der Waals surface area (Å²) in [5.41, 5.74) is 18.7. The van der Waals surface area contributed by atoms with E-state index in [-0.39, 0.29) is 16.9 Å². The number of methoxy groups -OCH3 is 1. The molecule has 17 rings (SSSR count). The molecule has 0 aromatic heterocycles. The highest BCUT2D eigenvalue weighted by atomic mass is 32.2. The van der Waals surface area contributed by atoms with Gasteiger partial charge in [0.1, 0.15) is 17.2 Å². The Labute approximate surface area is 602 Å². The summed E-state index contributed by atoms with van der Waals surface area (Å²) in [5.74, 6) is 2.69. The predicted octanol–water partition coefficient (Wildman–Crippen LogP) is 20.0. The first-order chi connectivity index (χ1) is 49.2. The summed E-state index contributed by atoms with van der Waals surface area (Å²) in [6.45, 7) is 15.6. The number of hydrogen-bond donors (Lipinski definition) is 0. The number of anilines is 3. The van der Waals surface area contributed by atoms with E-state index in [1.807, 2.05) is 35.3 Å². The summed E-state index contributed by atoms with van der Waals surface area (Å²) in [5, 5.41) is 4.75. The molecule has 10 aromatic rings. The molecule has 5 heterocycles. The molecule has 3 fully saturated rings. The van der Waals surface area contributed by atoms with Crippen molar-refractivity contribution in [2.24, 2.45) is 0 Å². The first kappa shape index (κ1) is 65.3. The van der Waals surface area contributed by atoms with Gasteiger partial charge in [0, 0.05) is 114 Å². The van der Waals surface area contributed by atoms with Crippen molar-refractivity contribution in [1.82, 2.24) is 0 Å². The zero-order valence-electron chi connectivity index (χ0n) is 58.5. The molecule has 9 nitrogen and oxygen atoms in total. The average molecular weight is 1380 g/mol. The van der Waals surface area contributed by atoms with Gasteiger partial charge in [-0.05, 0) is 179 Å². The quantitative estimate of drug-likeness (QED) is 0.0816. The Morgan fingerprint density at radius 2 is 0.900 bits per heavy atom. The molecule has 5 aliphatic heterocycles. The van der Waals surface area contributed by atoms with Crippen LogP contribution in [0.4, 0.5) is 17.1 Å². The van der Waals surface area contributed by atoms with Crippen molar-refractivity contribution in [3.05, 3.63) is 244 Å². The van der Waals surface area contributed by atoms with Crippen LogP contribution in [0.3, 0.4) is 0 Å². The first-order valence-corrected chi connectivity index (χ1v) is 39.7. The topological polar surface area (TPSA) is 65.1 Å². The van der Waals surface area contributed by atoms with Crippen molar-refractivity contribution in [3.8, 4) is 39.5 Å². The Bertz CT molecular complexity index is 4790. The fourth-order valence-corrected chi connectivity index (χ4v) is 20.6. The van der Waals surface area contributed by atoms with Crippen LogP contribution in [-0.2, 0) is 36.2 Å². The molecule has 12 heteroatoms. The number of nitrogens with zero attached hydrogens (tertiary/aromatic N) is 3. The van der Waals surface area contributed by atoms with Crippen LogP contribution in [0.1, 0.15) is 109 Å². The maximum absolute atomic E-state index is 8.20. The average Bonchev–Trinajstić information content (AvgIpc) is 1.50. The van der Waals surface area contributed by atoms with Gasteiger partial charge in [0.05, 0.1) is 58.5 Å². The molecule has 0 radical (unpaired) electrons. The Hall–Kier alpha value is -8.07. The summed E-state index contributed by atoms with van der Waals surface area (Å²) in [7, 11) is 1.73. The smallest absolute Gasteiger partial charge is 0.178 e. The molecular formula is C88H87N3O6S3. The fraction of sp³-hybridized carbons (Fsp3) is 0.318. The number of hydrogen-bond acceptors (Lipinski definition) is 12. The van der Waals surface area contributed by atoms with E-state index in [0.29, 0.717) is 13.2 Å². The normalized spacial score (nSPS) is 20.7. The standard InChI is InChI=1S/C88H87N3O6S3/c1-8-85(9-2)73-22-16-14-20-65(73)79-69-52-75(76(98-5)54-71(69)83-67(81(79)85)37-40-87(96-83,57-18-12-11-13-19-57)60-28-34-64(92-4)35-29-60)91-46-51-95-56-63(91)36-39-86(10-3)74-23-17-15-21-66(74)80-70-53-77(99-6)78(100-7)55-72(70)84-68(82(80)86)38-41-88(97-84,58-24-30-61(31-25-58)89-42-47-93-48-43-89)59-26-32-62(33-27-59)90-44-49-94-50-45-90/h11-35,37-38,40-41,52-55,63H,8-10,36,39,42-51,56H2,1-7H3. The summed E-state index contributed by atoms with van der Waals surface area (Å²) in [6, 6.07) is 66.3. The van der Waals surface area contributed by atoms with Crippen LogP contribution in [0.25, 0.3) is 56.0 Å². The highest BCUT2D eigenvalue weighted by Gasteiger charge is 2.51. The van der Waals surface area contributed by atoms with E-state index in [0.717, 1.165) is 142 Å². The molecule has 3 unspecified atom stereocenters. The first-order valence-electron chi connectivity index (χ1n) is 36.0. The lowest BCUT2D eigenvalue weighted by molar-refractivity contribution is 0.0889. The molecular weight excluding hydrogens is 1290 g/mol. The summed E-state index contributed by atoms with van der Waals surface area (Å²) in [4.78, 5) is 11.4. The molecule has 7 aliphatic rings. The molecule has 3 atom stereocenters. The Morgan fingerprint density at radius 3 is 1.41 bits per heavy atom. The van der Waals surface area contributed by atoms with E-state index in [4.69, 9.17) is 28.4 Å². The van der Waals surface area contributed by atoms with Gasteiger partial charge in [-0.15, -0.1) is 35.3 Å². The van der Waals surface area contributed by atoms with Gasteiger partial charge >= 0.3 is 0 Å². The monoisotopic (exact) mass is 1380 g/mol. The molecule has 0 N–H and O–H groups in total. The summed E-state index contributed by atoms with van der Waals surface area (Å²) < 4.78 is 40.3. The number of benzene rings is 10. The SMILES string of the molecule is CCC1(CC)c2ccccc2-c2c1c1c(c3cc(SC)c(N4CCOCC4CCC4(CC)c5ccccc5-c5c4c4c(c6cc(SC)c(SC)cc56)OC(c5ccc(N6CCOCC6)cc5)(c5ccc(N6CCOCC6)cc5)C=C4)cc23)OC(c2ccccc2)(c2ccc(OC)cc2)C=C1. The van der Waals surface area contributed by atoms with Gasteiger partial charge in [-0.2, -0.15) is 0 Å². The van der Waals surface area contributed by atoms with Gasteiger partial charge < -0.3 is 43.1 Å². The van der Waals surface area contributed by atoms with Gasteiger partial charge in [0.15, 0.2) is 11.2 Å². The van der Waals surface area contributed by atoms with Crippen molar-refractivity contribution in [2.75, 3.05) is 113 Å². The minimum atomic E-state index is -0.950. The highest BCUT2D eigenvalue weighted by Crippen LogP contribution is 2.64. The van der Waals surface area contributed by atoms with Crippen LogP contribution in [0.15, 0.2) is 203 Å². The molecule has 0 spiro atoms. The van der Waals surface area contributed by atoms with Crippen LogP contribution >= 0.6 is 35.3 Å². The van der Waals surface area contributed by atoms with Crippen LogP contribution in [0.2, 0.25) is 0 Å². The molecule has 0 saturated carbocycles. The van der Waals surface area contributed by atoms with E-state index >= 15 is 0 Å². The summed E-state index contributed by atoms with van der Waals surface area (Å²) >= 11 is 5.48. The molecule has 100 heavy (non-hydrogen) atoms. The van der Waals surface area contributed by atoms with Crippen LogP contribution in [0.5, 0.6) is 17.2 Å². The second kappa shape index (κ2) is 26.4. The Morgan fingerprint density at radius 1 is 0.460 bits per heavy atom. The minimum Gasteiger partial charge on any atom is -0.497 e. The van der Waals surface area contributed by atoms with Gasteiger partial charge in [-0.25, -0.2) is 0 Å². The lowest BCUT2D eigenvalue weighted by Gasteiger charge is -2.42. The largest absolute Gasteiger partial charge is 0.497 e. The number of fused-ring (bicyclic) bond motifs is 16. The van der Waals surface area contributed by atoms with Crippen LogP contribution < -0.4 is 28.9 Å². The molecule has 10 aromatic carbocycles. The zero-order valence-corrected chi connectivity index (χ0v) is 60.9. The number of ether oxygens (including phenoxy) is 6.